The molecule has 1 amide bonds. The summed E-state index contributed by atoms with van der Waals surface area (Å²) in [6, 6.07) is 5.90. The molecule has 0 fully saturated rings. The van der Waals surface area contributed by atoms with E-state index in [-0.39, 0.29) is 18.1 Å². The highest BCUT2D eigenvalue weighted by atomic mass is 19.1. The Morgan fingerprint density at radius 1 is 1.45 bits per heavy atom. The molecule has 6 heteroatoms. The van der Waals surface area contributed by atoms with Gasteiger partial charge in [-0.3, -0.25) is 9.48 Å². The van der Waals surface area contributed by atoms with Crippen LogP contribution in [-0.2, 0) is 13.1 Å². The molecule has 0 bridgehead atoms. The van der Waals surface area contributed by atoms with E-state index in [9.17, 15) is 9.18 Å². The first-order valence-corrected chi connectivity index (χ1v) is 6.24. The lowest BCUT2D eigenvalue weighted by atomic mass is 10.2. The van der Waals surface area contributed by atoms with Gasteiger partial charge in [0.1, 0.15) is 5.82 Å². The smallest absolute Gasteiger partial charge is 0.256 e. The van der Waals surface area contributed by atoms with Crippen molar-refractivity contribution in [3.05, 3.63) is 53.6 Å². The highest BCUT2D eigenvalue weighted by Crippen LogP contribution is 2.11. The lowest BCUT2D eigenvalue weighted by Crippen LogP contribution is -2.26. The van der Waals surface area contributed by atoms with E-state index in [0.29, 0.717) is 13.1 Å². The molecule has 1 aromatic carbocycles. The molecule has 0 saturated carbocycles. The van der Waals surface area contributed by atoms with E-state index in [1.165, 1.54) is 17.0 Å². The summed E-state index contributed by atoms with van der Waals surface area (Å²) < 4.78 is 15.1. The Morgan fingerprint density at radius 2 is 2.20 bits per heavy atom. The first-order valence-electron chi connectivity index (χ1n) is 6.24. The van der Waals surface area contributed by atoms with Crippen molar-refractivity contribution in [3.63, 3.8) is 0 Å². The summed E-state index contributed by atoms with van der Waals surface area (Å²) >= 11 is 0. The van der Waals surface area contributed by atoms with Crippen LogP contribution in [0.4, 0.5) is 4.39 Å². The van der Waals surface area contributed by atoms with Gasteiger partial charge in [0, 0.05) is 25.4 Å². The van der Waals surface area contributed by atoms with E-state index in [4.69, 9.17) is 5.11 Å². The molecule has 5 nitrogen and oxygen atoms in total. The van der Waals surface area contributed by atoms with Crippen molar-refractivity contribution < 1.29 is 14.3 Å². The van der Waals surface area contributed by atoms with Crippen LogP contribution < -0.4 is 0 Å². The SMILES string of the molecule is CN(Cc1cnn(CCO)c1)C(=O)c1ccccc1F. The average Bonchev–Trinajstić information content (AvgIpc) is 2.86. The molecule has 1 heterocycles. The van der Waals surface area contributed by atoms with E-state index >= 15 is 0 Å². The number of benzene rings is 1. The Kier molecular flexibility index (Phi) is 4.47. The average molecular weight is 277 g/mol. The van der Waals surface area contributed by atoms with Crippen LogP contribution in [-0.4, -0.2) is 39.3 Å². The predicted molar refractivity (Wildman–Crippen MR) is 71.5 cm³/mol. The number of hydrogen-bond acceptors (Lipinski definition) is 3. The van der Waals surface area contributed by atoms with E-state index in [1.54, 1.807) is 36.3 Å². The summed E-state index contributed by atoms with van der Waals surface area (Å²) in [5, 5.41) is 12.9. The molecular weight excluding hydrogens is 261 g/mol. The molecule has 0 unspecified atom stereocenters. The zero-order valence-corrected chi connectivity index (χ0v) is 11.2. The Morgan fingerprint density at radius 3 is 2.90 bits per heavy atom. The van der Waals surface area contributed by atoms with Crippen molar-refractivity contribution in [1.82, 2.24) is 14.7 Å². The minimum Gasteiger partial charge on any atom is -0.394 e. The summed E-state index contributed by atoms with van der Waals surface area (Å²) in [5.74, 6) is -0.904. The van der Waals surface area contributed by atoms with Crippen LogP contribution in [0.5, 0.6) is 0 Å². The van der Waals surface area contributed by atoms with Crippen molar-refractivity contribution in [2.45, 2.75) is 13.1 Å². The standard InChI is InChI=1S/C14H16FN3O2/c1-17(9-11-8-16-18(10-11)6-7-19)14(20)12-4-2-3-5-13(12)15/h2-5,8,10,19H,6-7,9H2,1H3. The number of aromatic nitrogens is 2. The van der Waals surface area contributed by atoms with Gasteiger partial charge in [-0.2, -0.15) is 5.10 Å². The summed E-state index contributed by atoms with van der Waals surface area (Å²) in [5.41, 5.74) is 0.878. The fraction of sp³-hybridized carbons (Fsp3) is 0.286. The normalized spacial score (nSPS) is 10.6. The van der Waals surface area contributed by atoms with E-state index in [1.807, 2.05) is 0 Å². The molecule has 0 atom stereocenters. The third-order valence-corrected chi connectivity index (χ3v) is 2.89. The zero-order valence-electron chi connectivity index (χ0n) is 11.2. The number of carbonyl (C=O) groups is 1. The van der Waals surface area contributed by atoms with E-state index < -0.39 is 5.82 Å². The molecule has 1 N–H and O–H groups in total. The Hall–Kier alpha value is -2.21. The van der Waals surface area contributed by atoms with Gasteiger partial charge in [0.25, 0.3) is 5.91 Å². The van der Waals surface area contributed by atoms with Crippen LogP contribution in [0.15, 0.2) is 36.7 Å². The number of rotatable bonds is 5. The first kappa shape index (κ1) is 14.2. The quantitative estimate of drug-likeness (QED) is 0.896. The number of aliphatic hydroxyl groups is 1. The molecule has 106 valence electrons. The number of aliphatic hydroxyl groups excluding tert-OH is 1. The maximum absolute atomic E-state index is 13.6. The molecule has 0 aliphatic heterocycles. The van der Waals surface area contributed by atoms with Crippen molar-refractivity contribution in [3.8, 4) is 0 Å². The molecule has 2 aromatic rings. The Labute approximate surface area is 116 Å². The fourth-order valence-electron chi connectivity index (χ4n) is 1.90. The summed E-state index contributed by atoms with van der Waals surface area (Å²) in [7, 11) is 1.61. The molecule has 20 heavy (non-hydrogen) atoms. The van der Waals surface area contributed by atoms with Crippen LogP contribution in [0, 0.1) is 5.82 Å². The van der Waals surface area contributed by atoms with Crippen LogP contribution >= 0.6 is 0 Å². The zero-order chi connectivity index (χ0) is 14.5. The molecule has 2 rings (SSSR count). The van der Waals surface area contributed by atoms with Crippen molar-refractivity contribution >= 4 is 5.91 Å². The van der Waals surface area contributed by atoms with E-state index in [2.05, 4.69) is 5.10 Å². The second-order valence-corrected chi connectivity index (χ2v) is 4.48. The third kappa shape index (κ3) is 3.21. The summed E-state index contributed by atoms with van der Waals surface area (Å²) in [4.78, 5) is 13.6. The Bertz CT molecular complexity index is 598. The van der Waals surface area contributed by atoms with Gasteiger partial charge in [0.2, 0.25) is 0 Å². The number of hydrogen-bond donors (Lipinski definition) is 1. The lowest BCUT2D eigenvalue weighted by Gasteiger charge is -2.16. The van der Waals surface area contributed by atoms with Crippen molar-refractivity contribution in [2.75, 3.05) is 13.7 Å². The van der Waals surface area contributed by atoms with E-state index in [0.717, 1.165) is 5.56 Å². The molecular formula is C14H16FN3O2. The molecule has 0 saturated heterocycles. The van der Waals surface area contributed by atoms with Crippen molar-refractivity contribution in [2.24, 2.45) is 0 Å². The van der Waals surface area contributed by atoms with Gasteiger partial charge in [-0.05, 0) is 12.1 Å². The number of halogens is 1. The second-order valence-electron chi connectivity index (χ2n) is 4.48. The van der Waals surface area contributed by atoms with Crippen LogP contribution in [0.3, 0.4) is 0 Å². The monoisotopic (exact) mass is 277 g/mol. The van der Waals surface area contributed by atoms with Crippen molar-refractivity contribution in [1.29, 1.82) is 0 Å². The molecule has 0 radical (unpaired) electrons. The van der Waals surface area contributed by atoms with Gasteiger partial charge in [-0.1, -0.05) is 12.1 Å². The third-order valence-electron chi connectivity index (χ3n) is 2.89. The van der Waals surface area contributed by atoms with Crippen LogP contribution in [0.2, 0.25) is 0 Å². The maximum Gasteiger partial charge on any atom is 0.256 e. The highest BCUT2D eigenvalue weighted by Gasteiger charge is 2.16. The topological polar surface area (TPSA) is 58.4 Å². The van der Waals surface area contributed by atoms with Gasteiger partial charge in [-0.25, -0.2) is 4.39 Å². The van der Waals surface area contributed by atoms with Crippen LogP contribution in [0.25, 0.3) is 0 Å². The fourth-order valence-corrected chi connectivity index (χ4v) is 1.90. The number of amides is 1. The summed E-state index contributed by atoms with van der Waals surface area (Å²) in [6.07, 6.45) is 3.38. The lowest BCUT2D eigenvalue weighted by molar-refractivity contribution is 0.0780. The predicted octanol–water partition coefficient (Wildman–Crippen LogP) is 1.29. The summed E-state index contributed by atoms with van der Waals surface area (Å²) in [6.45, 7) is 0.745. The number of nitrogens with zero attached hydrogens (tertiary/aromatic N) is 3. The second kappa shape index (κ2) is 6.29. The van der Waals surface area contributed by atoms with Gasteiger partial charge in [0.05, 0.1) is 24.9 Å². The Balaban J connectivity index is 2.05. The van der Waals surface area contributed by atoms with Crippen LogP contribution in [0.1, 0.15) is 15.9 Å². The van der Waals surface area contributed by atoms with Gasteiger partial charge in [-0.15, -0.1) is 0 Å². The number of carbonyl (C=O) groups excluding carboxylic acids is 1. The van der Waals surface area contributed by atoms with Gasteiger partial charge < -0.3 is 10.0 Å². The molecule has 0 aliphatic carbocycles. The molecule has 0 aliphatic rings. The minimum absolute atomic E-state index is 0.00508. The molecule has 1 aromatic heterocycles. The molecule has 0 spiro atoms. The maximum atomic E-state index is 13.6. The first-order chi connectivity index (χ1) is 9.61. The van der Waals surface area contributed by atoms with Gasteiger partial charge in [0.15, 0.2) is 0 Å². The highest BCUT2D eigenvalue weighted by molar-refractivity contribution is 5.94. The van der Waals surface area contributed by atoms with Gasteiger partial charge >= 0.3 is 0 Å². The minimum atomic E-state index is -0.527. The largest absolute Gasteiger partial charge is 0.394 e.